The van der Waals surface area contributed by atoms with E-state index >= 15 is 0 Å². The van der Waals surface area contributed by atoms with Crippen molar-refractivity contribution in [3.63, 3.8) is 0 Å². The van der Waals surface area contributed by atoms with Gasteiger partial charge in [-0.15, -0.1) is 22.7 Å². The molecule has 0 spiro atoms. The molecule has 0 unspecified atom stereocenters. The van der Waals surface area contributed by atoms with Crippen LogP contribution >= 0.6 is 22.7 Å². The Balaban J connectivity index is 0.000000255. The molecule has 2 aliphatic heterocycles. The Hall–Kier alpha value is -3.70. The van der Waals surface area contributed by atoms with Gasteiger partial charge in [-0.3, -0.25) is 18.2 Å². The SMILES string of the molecule is CCOC(=O)C1CCN(CCS(=O)(=O)N(CCCCC(F)(F)F)c2sc3ccccc3c2C)CC1.Cc1c(N(CCCCC(F)(F)F)S(=O)(=O)CCN2CCC(C(=O)O)CC2)sc2ccccc12. The summed E-state index contributed by atoms with van der Waals surface area (Å²) in [4.78, 5) is 27.0. The molecule has 68 heavy (non-hydrogen) atoms. The lowest BCUT2D eigenvalue weighted by atomic mass is 9.97. The van der Waals surface area contributed by atoms with Crippen molar-refractivity contribution in [1.82, 2.24) is 9.80 Å². The number of thiophene rings is 2. The molecule has 2 saturated heterocycles. The Morgan fingerprint density at radius 1 is 0.662 bits per heavy atom. The van der Waals surface area contributed by atoms with Crippen molar-refractivity contribution in [2.75, 3.05) is 79.1 Å². The van der Waals surface area contributed by atoms with Gasteiger partial charge in [0.1, 0.15) is 10.0 Å². The normalized spacial score (nSPS) is 16.2. The third-order valence-electron chi connectivity index (χ3n) is 12.4. The highest BCUT2D eigenvalue weighted by atomic mass is 32.2. The Labute approximate surface area is 403 Å². The van der Waals surface area contributed by atoms with Crippen molar-refractivity contribution in [1.29, 1.82) is 0 Å². The second kappa shape index (κ2) is 24.4. The number of fused-ring (bicyclic) bond motifs is 2. The van der Waals surface area contributed by atoms with Gasteiger partial charge in [-0.25, -0.2) is 16.8 Å². The molecule has 1 N–H and O–H groups in total. The highest BCUT2D eigenvalue weighted by molar-refractivity contribution is 7.93. The molecular formula is C46H62F6N4O8S4. The maximum absolute atomic E-state index is 13.5. The zero-order chi connectivity index (χ0) is 49.9. The molecule has 4 aromatic rings. The number of esters is 1. The van der Waals surface area contributed by atoms with Crippen LogP contribution in [0.3, 0.4) is 0 Å². The van der Waals surface area contributed by atoms with Crippen LogP contribution in [0.1, 0.15) is 82.3 Å². The van der Waals surface area contributed by atoms with Crippen LogP contribution in [-0.2, 0) is 34.4 Å². The highest BCUT2D eigenvalue weighted by Crippen LogP contribution is 2.41. The molecule has 6 rings (SSSR count). The number of aryl methyl sites for hydroxylation is 2. The number of halogens is 6. The number of nitrogens with zero attached hydrogens (tertiary/aromatic N) is 4. The molecule has 2 aromatic carbocycles. The summed E-state index contributed by atoms with van der Waals surface area (Å²) in [5.41, 5.74) is 1.62. The molecule has 0 atom stereocenters. The molecule has 2 aliphatic rings. The number of piperidine rings is 2. The second-order valence-electron chi connectivity index (χ2n) is 17.3. The third-order valence-corrected chi connectivity index (χ3v) is 18.7. The fraction of sp³-hybridized carbons (Fsp3) is 0.609. The van der Waals surface area contributed by atoms with Crippen LogP contribution in [0.15, 0.2) is 48.5 Å². The van der Waals surface area contributed by atoms with Crippen LogP contribution in [0.5, 0.6) is 0 Å². The van der Waals surface area contributed by atoms with Crippen molar-refractivity contribution < 1.29 is 62.6 Å². The predicted octanol–water partition coefficient (Wildman–Crippen LogP) is 10.2. The number of hydrogen-bond donors (Lipinski definition) is 1. The average Bonchev–Trinajstić information content (AvgIpc) is 3.79. The minimum Gasteiger partial charge on any atom is -0.481 e. The maximum atomic E-state index is 13.5. The number of carboxylic acids is 1. The van der Waals surface area contributed by atoms with E-state index in [4.69, 9.17) is 9.84 Å². The van der Waals surface area contributed by atoms with Crippen molar-refractivity contribution in [3.05, 3.63) is 59.7 Å². The first-order valence-electron chi connectivity index (χ1n) is 22.9. The van der Waals surface area contributed by atoms with Crippen LogP contribution in [0.25, 0.3) is 20.2 Å². The number of carboxylic acid groups (broad SMARTS) is 1. The van der Waals surface area contributed by atoms with Crippen molar-refractivity contribution in [3.8, 4) is 0 Å². The van der Waals surface area contributed by atoms with E-state index in [1.165, 1.54) is 31.3 Å². The summed E-state index contributed by atoms with van der Waals surface area (Å²) in [5, 5.41) is 12.1. The Morgan fingerprint density at radius 3 is 1.40 bits per heavy atom. The number of unbranched alkanes of at least 4 members (excludes halogenated alkanes) is 2. The summed E-state index contributed by atoms with van der Waals surface area (Å²) in [6.07, 6.45) is -8.22. The molecule has 22 heteroatoms. The molecule has 0 radical (unpaired) electrons. The van der Waals surface area contributed by atoms with Crippen molar-refractivity contribution >= 4 is 84.8 Å². The van der Waals surface area contributed by atoms with E-state index in [2.05, 4.69) is 0 Å². The van der Waals surface area contributed by atoms with Crippen LogP contribution in [0.4, 0.5) is 36.3 Å². The minimum absolute atomic E-state index is 0.00678. The average molecular weight is 1040 g/mol. The fourth-order valence-electron chi connectivity index (χ4n) is 8.46. The lowest BCUT2D eigenvalue weighted by Gasteiger charge is -2.31. The first kappa shape index (κ1) is 55.2. The number of likely N-dealkylation sites (tertiary alicyclic amines) is 2. The number of aliphatic carboxylic acids is 1. The topological polar surface area (TPSA) is 145 Å². The number of sulfonamides is 2. The van der Waals surface area contributed by atoms with Crippen LogP contribution < -0.4 is 8.61 Å². The molecule has 0 amide bonds. The molecule has 12 nitrogen and oxygen atoms in total. The number of carbonyl (C=O) groups excluding carboxylic acids is 1. The van der Waals surface area contributed by atoms with E-state index in [1.807, 2.05) is 72.2 Å². The maximum Gasteiger partial charge on any atom is 0.389 e. The molecule has 0 aliphatic carbocycles. The Bertz CT molecular complexity index is 2500. The van der Waals surface area contributed by atoms with Crippen molar-refractivity contribution in [2.45, 2.75) is 97.3 Å². The lowest BCUT2D eigenvalue weighted by molar-refractivity contribution is -0.149. The smallest absolute Gasteiger partial charge is 0.389 e. The van der Waals surface area contributed by atoms with Gasteiger partial charge in [0.05, 0.1) is 29.9 Å². The monoisotopic (exact) mass is 1040 g/mol. The molecule has 2 fully saturated rings. The fourth-order valence-corrected chi connectivity index (χ4v) is 14.7. The quantitative estimate of drug-likeness (QED) is 0.0486. The van der Waals surface area contributed by atoms with Crippen LogP contribution in [0.2, 0.25) is 0 Å². The number of rotatable bonds is 21. The van der Waals surface area contributed by atoms with Gasteiger partial charge >= 0.3 is 24.3 Å². The third kappa shape index (κ3) is 15.9. The van der Waals surface area contributed by atoms with Gasteiger partial charge in [-0.1, -0.05) is 36.4 Å². The van der Waals surface area contributed by atoms with Crippen LogP contribution in [-0.4, -0.2) is 127 Å². The van der Waals surface area contributed by atoms with E-state index in [-0.39, 0.29) is 68.7 Å². The van der Waals surface area contributed by atoms with E-state index in [0.717, 1.165) is 31.3 Å². The van der Waals surface area contributed by atoms with Gasteiger partial charge < -0.3 is 19.6 Å². The summed E-state index contributed by atoms with van der Waals surface area (Å²) in [6.45, 7) is 8.61. The number of hydrogen-bond acceptors (Lipinski definition) is 11. The largest absolute Gasteiger partial charge is 0.481 e. The molecule has 0 bridgehead atoms. The number of ether oxygens (including phenoxy) is 1. The molecule has 2 aromatic heterocycles. The summed E-state index contributed by atoms with van der Waals surface area (Å²) >= 11 is 2.68. The van der Waals surface area contributed by atoms with Gasteiger partial charge in [0.15, 0.2) is 0 Å². The Kier molecular flexibility index (Phi) is 19.8. The van der Waals surface area contributed by atoms with Gasteiger partial charge in [0.25, 0.3) is 0 Å². The van der Waals surface area contributed by atoms with Gasteiger partial charge in [-0.2, -0.15) is 26.3 Å². The van der Waals surface area contributed by atoms with E-state index in [9.17, 15) is 52.8 Å². The zero-order valence-corrected chi connectivity index (χ0v) is 41.9. The molecule has 4 heterocycles. The number of alkyl halides is 6. The molecule has 380 valence electrons. The summed E-state index contributed by atoms with van der Waals surface area (Å²) < 4.78 is 139. The van der Waals surface area contributed by atoms with Crippen LogP contribution in [0, 0.1) is 25.7 Å². The molecular weight excluding hydrogens is 979 g/mol. The minimum atomic E-state index is -4.26. The summed E-state index contributed by atoms with van der Waals surface area (Å²) in [5.74, 6) is -1.89. The van der Waals surface area contributed by atoms with Gasteiger partial charge in [0.2, 0.25) is 20.0 Å². The van der Waals surface area contributed by atoms with Gasteiger partial charge in [-0.05, 0) is 132 Å². The number of benzene rings is 2. The lowest BCUT2D eigenvalue weighted by Crippen LogP contribution is -2.42. The highest BCUT2D eigenvalue weighted by Gasteiger charge is 2.33. The summed E-state index contributed by atoms with van der Waals surface area (Å²) in [6, 6.07) is 15.1. The van der Waals surface area contributed by atoms with E-state index < -0.39 is 57.1 Å². The second-order valence-corrected chi connectivity index (χ2v) is 23.4. The van der Waals surface area contributed by atoms with Gasteiger partial charge in [0, 0.05) is 48.4 Å². The first-order chi connectivity index (χ1) is 32.0. The summed E-state index contributed by atoms with van der Waals surface area (Å²) in [7, 11) is -7.56. The van der Waals surface area contributed by atoms with Crippen molar-refractivity contribution in [2.24, 2.45) is 11.8 Å². The Morgan fingerprint density at radius 2 is 1.04 bits per heavy atom. The van der Waals surface area contributed by atoms with E-state index in [0.29, 0.717) is 75.0 Å². The van der Waals surface area contributed by atoms with E-state index in [1.54, 1.807) is 6.92 Å². The number of anilines is 2. The first-order valence-corrected chi connectivity index (χ1v) is 27.8. The number of carbonyl (C=O) groups is 2. The standard InChI is InChI=1S/C24H33F3N2O4S2.C22H29F3N2O4S2/c1-3-33-23(30)19-10-14-28(15-11-19)16-17-35(31,32)29(13-7-6-12-24(25,26)27)22-18(2)20-8-4-5-9-21(20)34-22;1-16-18-6-2-3-7-19(18)32-20(16)27(11-5-4-10-22(23,24)25)33(30,31)15-14-26-12-8-17(9-13-26)21(28)29/h4-5,8-9,19H,3,6-7,10-17H2,1-2H3;2-3,6-7,17H,4-5,8-15H2,1H3,(H,28,29). The molecule has 0 saturated carbocycles. The zero-order valence-electron chi connectivity index (χ0n) is 38.6. The predicted molar refractivity (Wildman–Crippen MR) is 258 cm³/mol.